The van der Waals surface area contributed by atoms with Crippen LogP contribution in [0.15, 0.2) is 30.5 Å². The Bertz CT molecular complexity index is 1080. The average Bonchev–Trinajstić information content (AvgIpc) is 3.61. The van der Waals surface area contributed by atoms with Crippen molar-refractivity contribution in [3.8, 4) is 0 Å². The fraction of sp³-hybridized carbons (Fsp3) is 0.381. The van der Waals surface area contributed by atoms with Gasteiger partial charge in [-0.05, 0) is 36.5 Å². The van der Waals surface area contributed by atoms with Crippen molar-refractivity contribution in [2.45, 2.75) is 31.1 Å². The van der Waals surface area contributed by atoms with Gasteiger partial charge in [0.25, 0.3) is 0 Å². The maximum atomic E-state index is 14.8. The van der Waals surface area contributed by atoms with Crippen molar-refractivity contribution >= 4 is 23.5 Å². The first kappa shape index (κ1) is 23.2. The first-order chi connectivity index (χ1) is 15.6. The summed E-state index contributed by atoms with van der Waals surface area (Å²) < 4.78 is 67.3. The van der Waals surface area contributed by atoms with Gasteiger partial charge in [0.05, 0.1) is 6.04 Å². The number of carbonyl (C=O) groups is 2. The van der Waals surface area contributed by atoms with Gasteiger partial charge in [-0.3, -0.25) is 9.78 Å². The summed E-state index contributed by atoms with van der Waals surface area (Å²) >= 11 is 5.69. The zero-order valence-electron chi connectivity index (χ0n) is 16.9. The van der Waals surface area contributed by atoms with Crippen LogP contribution in [0.1, 0.15) is 35.7 Å². The van der Waals surface area contributed by atoms with Crippen LogP contribution in [-0.2, 0) is 11.0 Å². The van der Waals surface area contributed by atoms with Crippen LogP contribution in [0.2, 0.25) is 5.02 Å². The van der Waals surface area contributed by atoms with Crippen LogP contribution in [0.5, 0.6) is 0 Å². The number of nitrogens with zero attached hydrogens (tertiary/aromatic N) is 2. The van der Waals surface area contributed by atoms with E-state index in [4.69, 9.17) is 11.6 Å². The number of carbonyl (C=O) groups excluding carboxylic acids is 2. The normalized spacial score (nSPS) is 19.8. The lowest BCUT2D eigenvalue weighted by molar-refractivity contribution is -0.141. The van der Waals surface area contributed by atoms with Crippen molar-refractivity contribution in [1.82, 2.24) is 20.5 Å². The van der Waals surface area contributed by atoms with Gasteiger partial charge in [-0.1, -0.05) is 23.7 Å². The minimum atomic E-state index is -4.69. The van der Waals surface area contributed by atoms with Gasteiger partial charge in [-0.25, -0.2) is 13.6 Å². The van der Waals surface area contributed by atoms with Gasteiger partial charge in [0.1, 0.15) is 28.4 Å². The number of rotatable bonds is 4. The maximum absolute atomic E-state index is 14.8. The Kier molecular flexibility index (Phi) is 6.17. The predicted octanol–water partition coefficient (Wildman–Crippen LogP) is 4.04. The number of hydrogen-bond acceptors (Lipinski definition) is 3. The van der Waals surface area contributed by atoms with Crippen molar-refractivity contribution in [1.29, 1.82) is 0 Å². The molecular weight excluding hydrogens is 471 g/mol. The largest absolute Gasteiger partial charge is 0.433 e. The second-order valence-corrected chi connectivity index (χ2v) is 8.27. The highest BCUT2D eigenvalue weighted by Gasteiger charge is 2.44. The molecule has 2 unspecified atom stereocenters. The molecule has 6 nitrogen and oxygen atoms in total. The molecule has 3 amide bonds. The van der Waals surface area contributed by atoms with Crippen molar-refractivity contribution < 1.29 is 31.5 Å². The summed E-state index contributed by atoms with van der Waals surface area (Å²) in [5.74, 6) is -2.51. The topological polar surface area (TPSA) is 74.3 Å². The third-order valence-corrected chi connectivity index (χ3v) is 5.99. The van der Waals surface area contributed by atoms with Gasteiger partial charge in [0.15, 0.2) is 0 Å². The number of amides is 3. The second kappa shape index (κ2) is 8.77. The zero-order chi connectivity index (χ0) is 23.9. The van der Waals surface area contributed by atoms with Gasteiger partial charge in [0, 0.05) is 24.8 Å². The molecule has 12 heteroatoms. The van der Waals surface area contributed by atoms with Gasteiger partial charge < -0.3 is 15.5 Å². The van der Waals surface area contributed by atoms with E-state index in [2.05, 4.69) is 15.6 Å². The Morgan fingerprint density at radius 1 is 1.21 bits per heavy atom. The minimum absolute atomic E-state index is 0.000706. The molecule has 1 aromatic heterocycles. The molecule has 2 N–H and O–H groups in total. The third kappa shape index (κ3) is 4.73. The first-order valence-corrected chi connectivity index (χ1v) is 10.5. The molecule has 0 radical (unpaired) electrons. The quantitative estimate of drug-likeness (QED) is 0.504. The average molecular weight is 489 g/mol. The number of pyridine rings is 1. The van der Waals surface area contributed by atoms with Gasteiger partial charge in [-0.2, -0.15) is 13.2 Å². The SMILES string of the molecule is O=C1NCCN(C(=O)NC(c2ccc(C(F)(F)F)nc2)c2ccc(F)c(Cl)c2F)C1C1CC1. The Labute approximate surface area is 190 Å². The summed E-state index contributed by atoms with van der Waals surface area (Å²) in [5, 5.41) is 4.45. The molecule has 1 aliphatic carbocycles. The van der Waals surface area contributed by atoms with E-state index in [1.54, 1.807) is 0 Å². The van der Waals surface area contributed by atoms with Crippen LogP contribution >= 0.6 is 11.6 Å². The highest BCUT2D eigenvalue weighted by molar-refractivity contribution is 6.31. The van der Waals surface area contributed by atoms with Crippen LogP contribution in [0.3, 0.4) is 0 Å². The second-order valence-electron chi connectivity index (χ2n) is 7.89. The number of halogens is 6. The number of urea groups is 1. The van der Waals surface area contributed by atoms with E-state index in [9.17, 15) is 31.5 Å². The smallest absolute Gasteiger partial charge is 0.353 e. The van der Waals surface area contributed by atoms with Gasteiger partial charge in [-0.15, -0.1) is 0 Å². The molecule has 33 heavy (non-hydrogen) atoms. The molecule has 2 heterocycles. The summed E-state index contributed by atoms with van der Waals surface area (Å²) in [4.78, 5) is 30.1. The lowest BCUT2D eigenvalue weighted by Crippen LogP contribution is -2.60. The molecular formula is C21H18ClF5N4O2. The van der Waals surface area contributed by atoms with E-state index >= 15 is 0 Å². The fourth-order valence-electron chi connectivity index (χ4n) is 3.85. The number of aromatic nitrogens is 1. The van der Waals surface area contributed by atoms with E-state index in [0.717, 1.165) is 37.2 Å². The highest BCUT2D eigenvalue weighted by Crippen LogP contribution is 2.37. The van der Waals surface area contributed by atoms with E-state index in [1.165, 1.54) is 4.90 Å². The molecule has 2 aromatic rings. The number of hydrogen-bond donors (Lipinski definition) is 2. The monoisotopic (exact) mass is 488 g/mol. The third-order valence-electron chi connectivity index (χ3n) is 5.64. The van der Waals surface area contributed by atoms with Crippen LogP contribution in [0.4, 0.5) is 26.7 Å². The first-order valence-electron chi connectivity index (χ1n) is 10.1. The zero-order valence-corrected chi connectivity index (χ0v) is 17.7. The molecule has 1 saturated carbocycles. The van der Waals surface area contributed by atoms with E-state index in [1.807, 2.05) is 0 Å². The summed E-state index contributed by atoms with van der Waals surface area (Å²) in [7, 11) is 0. The molecule has 176 valence electrons. The molecule has 1 aliphatic heterocycles. The van der Waals surface area contributed by atoms with Crippen LogP contribution < -0.4 is 10.6 Å². The van der Waals surface area contributed by atoms with E-state index in [0.29, 0.717) is 6.07 Å². The number of piperazine rings is 1. The number of alkyl halides is 3. The van der Waals surface area contributed by atoms with Crippen molar-refractivity contribution in [2.75, 3.05) is 13.1 Å². The van der Waals surface area contributed by atoms with Crippen molar-refractivity contribution in [2.24, 2.45) is 5.92 Å². The maximum Gasteiger partial charge on any atom is 0.433 e. The summed E-state index contributed by atoms with van der Waals surface area (Å²) in [5.41, 5.74) is -1.42. The summed E-state index contributed by atoms with van der Waals surface area (Å²) in [6.07, 6.45) is -2.29. The lowest BCUT2D eigenvalue weighted by Gasteiger charge is -2.36. The molecule has 2 atom stereocenters. The molecule has 1 saturated heterocycles. The molecule has 1 aromatic carbocycles. The molecule has 0 spiro atoms. The Balaban J connectivity index is 1.69. The fourth-order valence-corrected chi connectivity index (χ4v) is 4.02. The number of nitrogens with one attached hydrogen (secondary N) is 2. The Morgan fingerprint density at radius 3 is 2.55 bits per heavy atom. The van der Waals surface area contributed by atoms with Crippen LogP contribution in [0.25, 0.3) is 0 Å². The van der Waals surface area contributed by atoms with Crippen LogP contribution in [-0.4, -0.2) is 41.0 Å². The minimum Gasteiger partial charge on any atom is -0.353 e. The van der Waals surface area contributed by atoms with Crippen LogP contribution in [0, 0.1) is 17.6 Å². The van der Waals surface area contributed by atoms with E-state index < -0.39 is 46.6 Å². The predicted molar refractivity (Wildman–Crippen MR) is 107 cm³/mol. The van der Waals surface area contributed by atoms with Crippen molar-refractivity contribution in [3.05, 3.63) is 63.9 Å². The standard InChI is InChI=1S/C21H18ClF5N4O2/c22-15-13(23)5-4-12(16(15)24)17(11-3-6-14(29-9-11)21(25,26)27)30-20(33)31-8-7-28-19(32)18(31)10-1-2-10/h3-6,9-10,17-18H,1-2,7-8H2,(H,28,32)(H,30,33). The molecule has 2 fully saturated rings. The highest BCUT2D eigenvalue weighted by atomic mass is 35.5. The Hall–Kier alpha value is -2.95. The van der Waals surface area contributed by atoms with Crippen molar-refractivity contribution in [3.63, 3.8) is 0 Å². The number of benzene rings is 1. The summed E-state index contributed by atoms with van der Waals surface area (Å²) in [6, 6.07) is 0.908. The molecule has 2 aliphatic rings. The lowest BCUT2D eigenvalue weighted by atomic mass is 9.99. The van der Waals surface area contributed by atoms with Gasteiger partial charge in [0.2, 0.25) is 5.91 Å². The summed E-state index contributed by atoms with van der Waals surface area (Å²) in [6.45, 7) is 0.419. The molecule has 4 rings (SSSR count). The Morgan fingerprint density at radius 2 is 1.94 bits per heavy atom. The molecule has 0 bridgehead atoms. The van der Waals surface area contributed by atoms with Gasteiger partial charge >= 0.3 is 12.2 Å². The van der Waals surface area contributed by atoms with E-state index in [-0.39, 0.29) is 36.0 Å².